The van der Waals surface area contributed by atoms with Crippen molar-refractivity contribution in [2.45, 2.75) is 0 Å². The van der Waals surface area contributed by atoms with Gasteiger partial charge in [-0.25, -0.2) is 4.39 Å². The zero-order valence-corrected chi connectivity index (χ0v) is 11.4. The molecule has 0 bridgehead atoms. The molecule has 0 saturated heterocycles. The van der Waals surface area contributed by atoms with E-state index in [9.17, 15) is 9.18 Å². The maximum atomic E-state index is 13.0. The molecule has 0 saturated carbocycles. The Morgan fingerprint density at radius 1 is 1.32 bits per heavy atom. The van der Waals surface area contributed by atoms with Gasteiger partial charge in [0.25, 0.3) is 5.91 Å². The van der Waals surface area contributed by atoms with Crippen molar-refractivity contribution in [3.8, 4) is 11.6 Å². The molecular weight excluding hydrogens is 317 g/mol. The van der Waals surface area contributed by atoms with Crippen LogP contribution >= 0.6 is 15.9 Å². The second-order valence-electron chi connectivity index (χ2n) is 3.51. The molecule has 0 fully saturated rings. The molecular formula is C12H9BrFN3O2. The molecule has 7 heteroatoms. The van der Waals surface area contributed by atoms with Gasteiger partial charge in [0.15, 0.2) is 5.69 Å². The minimum atomic E-state index is -0.381. The summed E-state index contributed by atoms with van der Waals surface area (Å²) < 4.78 is 18.7. The Labute approximate surface area is 116 Å². The summed E-state index contributed by atoms with van der Waals surface area (Å²) in [5, 5.41) is 9.90. The third-order valence-electron chi connectivity index (χ3n) is 2.21. The maximum Gasteiger partial charge on any atom is 0.271 e. The van der Waals surface area contributed by atoms with E-state index in [0.717, 1.165) is 0 Å². The van der Waals surface area contributed by atoms with Gasteiger partial charge in [-0.3, -0.25) is 4.79 Å². The number of carbonyl (C=O) groups excluding carboxylic acids is 1. The number of nitrogens with one attached hydrogen (secondary N) is 1. The van der Waals surface area contributed by atoms with E-state index in [1.807, 2.05) is 0 Å². The standard InChI is InChI=1S/C12H9BrFN3O2/c1-15-12(18)10-4-5-11(17-16-10)19-7-2-3-9(14)8(13)6-7/h2-6H,1H3,(H,15,18). The van der Waals surface area contributed by atoms with E-state index in [4.69, 9.17) is 4.74 Å². The Kier molecular flexibility index (Phi) is 4.06. The molecule has 98 valence electrons. The molecule has 1 aromatic heterocycles. The molecule has 0 aliphatic carbocycles. The van der Waals surface area contributed by atoms with Gasteiger partial charge in [-0.15, -0.1) is 10.2 Å². The molecule has 2 rings (SSSR count). The van der Waals surface area contributed by atoms with Gasteiger partial charge in [-0.1, -0.05) is 0 Å². The van der Waals surface area contributed by atoms with Crippen molar-refractivity contribution in [3.05, 3.63) is 46.3 Å². The predicted molar refractivity (Wildman–Crippen MR) is 69.6 cm³/mol. The van der Waals surface area contributed by atoms with Crippen LogP contribution in [0.1, 0.15) is 10.5 Å². The van der Waals surface area contributed by atoms with Crippen molar-refractivity contribution < 1.29 is 13.9 Å². The van der Waals surface area contributed by atoms with Crippen LogP contribution in [0.25, 0.3) is 0 Å². The molecule has 0 aliphatic heterocycles. The first-order valence-electron chi connectivity index (χ1n) is 5.29. The second kappa shape index (κ2) is 5.75. The Hall–Kier alpha value is -2.02. The first kappa shape index (κ1) is 13.4. The Morgan fingerprint density at radius 3 is 2.68 bits per heavy atom. The topological polar surface area (TPSA) is 64.1 Å². The summed E-state index contributed by atoms with van der Waals surface area (Å²) in [6.45, 7) is 0. The summed E-state index contributed by atoms with van der Waals surface area (Å²) >= 11 is 3.06. The molecule has 1 N–H and O–H groups in total. The van der Waals surface area contributed by atoms with E-state index in [2.05, 4.69) is 31.4 Å². The highest BCUT2D eigenvalue weighted by molar-refractivity contribution is 9.10. The fourth-order valence-electron chi connectivity index (χ4n) is 1.28. The van der Waals surface area contributed by atoms with Crippen LogP contribution in [-0.2, 0) is 0 Å². The summed E-state index contributed by atoms with van der Waals surface area (Å²) in [5.41, 5.74) is 0.190. The van der Waals surface area contributed by atoms with Gasteiger partial charge < -0.3 is 10.1 Å². The molecule has 19 heavy (non-hydrogen) atoms. The molecule has 0 unspecified atom stereocenters. The Balaban J connectivity index is 2.15. The minimum absolute atomic E-state index is 0.190. The van der Waals surface area contributed by atoms with Crippen molar-refractivity contribution in [1.29, 1.82) is 0 Å². The lowest BCUT2D eigenvalue weighted by Gasteiger charge is -2.05. The fourth-order valence-corrected chi connectivity index (χ4v) is 1.64. The summed E-state index contributed by atoms with van der Waals surface area (Å²) in [4.78, 5) is 11.3. The van der Waals surface area contributed by atoms with Gasteiger partial charge in [0.1, 0.15) is 11.6 Å². The maximum absolute atomic E-state index is 13.0. The summed E-state index contributed by atoms with van der Waals surface area (Å²) in [5.74, 6) is -0.0848. The monoisotopic (exact) mass is 325 g/mol. The molecule has 0 radical (unpaired) electrons. The fraction of sp³-hybridized carbons (Fsp3) is 0.0833. The van der Waals surface area contributed by atoms with Gasteiger partial charge in [0.05, 0.1) is 4.47 Å². The second-order valence-corrected chi connectivity index (χ2v) is 4.37. The van der Waals surface area contributed by atoms with Crippen molar-refractivity contribution >= 4 is 21.8 Å². The van der Waals surface area contributed by atoms with Gasteiger partial charge in [0, 0.05) is 13.1 Å². The van der Waals surface area contributed by atoms with Crippen LogP contribution < -0.4 is 10.1 Å². The number of hydrogen-bond acceptors (Lipinski definition) is 4. The molecule has 2 aromatic rings. The number of rotatable bonds is 3. The van der Waals surface area contributed by atoms with E-state index < -0.39 is 0 Å². The lowest BCUT2D eigenvalue weighted by atomic mass is 10.3. The number of halogens is 2. The van der Waals surface area contributed by atoms with Crippen LogP contribution in [0.3, 0.4) is 0 Å². The van der Waals surface area contributed by atoms with Crippen LogP contribution in [0.2, 0.25) is 0 Å². The highest BCUT2D eigenvalue weighted by Crippen LogP contribution is 2.24. The van der Waals surface area contributed by atoms with E-state index >= 15 is 0 Å². The van der Waals surface area contributed by atoms with Crippen LogP contribution in [0.5, 0.6) is 11.6 Å². The third-order valence-corrected chi connectivity index (χ3v) is 2.82. The Morgan fingerprint density at radius 2 is 2.11 bits per heavy atom. The highest BCUT2D eigenvalue weighted by atomic mass is 79.9. The van der Waals surface area contributed by atoms with Crippen molar-refractivity contribution in [1.82, 2.24) is 15.5 Å². The largest absolute Gasteiger partial charge is 0.437 e. The number of amides is 1. The highest BCUT2D eigenvalue weighted by Gasteiger charge is 2.07. The van der Waals surface area contributed by atoms with Gasteiger partial charge in [0.2, 0.25) is 5.88 Å². The van der Waals surface area contributed by atoms with Crippen molar-refractivity contribution in [2.24, 2.45) is 0 Å². The zero-order valence-electron chi connectivity index (χ0n) is 9.85. The molecule has 5 nitrogen and oxygen atoms in total. The minimum Gasteiger partial charge on any atom is -0.437 e. The van der Waals surface area contributed by atoms with Crippen molar-refractivity contribution in [2.75, 3.05) is 7.05 Å². The molecule has 0 atom stereocenters. The summed E-state index contributed by atoms with van der Waals surface area (Å²) in [7, 11) is 1.50. The van der Waals surface area contributed by atoms with Crippen LogP contribution in [-0.4, -0.2) is 23.2 Å². The number of carbonyl (C=O) groups is 1. The van der Waals surface area contributed by atoms with Crippen LogP contribution in [0.4, 0.5) is 4.39 Å². The van der Waals surface area contributed by atoms with Gasteiger partial charge in [-0.05, 0) is 40.2 Å². The number of benzene rings is 1. The summed E-state index contributed by atoms with van der Waals surface area (Å²) in [6.07, 6.45) is 0. The van der Waals surface area contributed by atoms with Crippen LogP contribution in [0, 0.1) is 5.82 Å². The van der Waals surface area contributed by atoms with Crippen molar-refractivity contribution in [3.63, 3.8) is 0 Å². The van der Waals surface area contributed by atoms with Gasteiger partial charge in [-0.2, -0.15) is 0 Å². The average molecular weight is 326 g/mol. The molecule has 1 aromatic carbocycles. The first-order valence-corrected chi connectivity index (χ1v) is 6.08. The molecule has 1 heterocycles. The molecule has 0 spiro atoms. The Bertz CT molecular complexity index is 604. The predicted octanol–water partition coefficient (Wildman–Crippen LogP) is 2.53. The number of aromatic nitrogens is 2. The van der Waals surface area contributed by atoms with E-state index in [-0.39, 0.29) is 23.3 Å². The number of hydrogen-bond donors (Lipinski definition) is 1. The van der Waals surface area contributed by atoms with Gasteiger partial charge >= 0.3 is 0 Å². The average Bonchev–Trinajstić information content (AvgIpc) is 2.43. The first-order chi connectivity index (χ1) is 9.10. The summed E-state index contributed by atoms with van der Waals surface area (Å²) in [6, 6.07) is 7.21. The number of ether oxygens (including phenoxy) is 1. The quantitative estimate of drug-likeness (QED) is 0.941. The van der Waals surface area contributed by atoms with E-state index in [1.54, 1.807) is 0 Å². The molecule has 1 amide bonds. The lowest BCUT2D eigenvalue weighted by Crippen LogP contribution is -2.19. The lowest BCUT2D eigenvalue weighted by molar-refractivity contribution is 0.0957. The normalized spacial score (nSPS) is 10.1. The smallest absolute Gasteiger partial charge is 0.271 e. The van der Waals surface area contributed by atoms with Crippen LogP contribution in [0.15, 0.2) is 34.8 Å². The zero-order chi connectivity index (χ0) is 13.8. The van der Waals surface area contributed by atoms with E-state index in [1.165, 1.54) is 37.4 Å². The molecule has 0 aliphatic rings. The SMILES string of the molecule is CNC(=O)c1ccc(Oc2ccc(F)c(Br)c2)nn1. The van der Waals surface area contributed by atoms with E-state index in [0.29, 0.717) is 10.2 Å². The third kappa shape index (κ3) is 3.25. The number of nitrogens with zero attached hydrogens (tertiary/aromatic N) is 2.